The number of carbonyl (C=O) groups excluding carboxylic acids is 2. The van der Waals surface area contributed by atoms with E-state index in [-0.39, 0.29) is 23.9 Å². The molecule has 8 nitrogen and oxygen atoms in total. The van der Waals surface area contributed by atoms with E-state index < -0.39 is 47.7 Å². The maximum atomic E-state index is 12.5. The average molecular weight is 495 g/mol. The van der Waals surface area contributed by atoms with E-state index >= 15 is 0 Å². The minimum atomic E-state index is -1.35. The van der Waals surface area contributed by atoms with Crippen LogP contribution in [0.2, 0.25) is 0 Å². The molecule has 3 aliphatic rings. The Labute approximate surface area is 208 Å². The summed E-state index contributed by atoms with van der Waals surface area (Å²) in [6.07, 6.45) is 3.03. The van der Waals surface area contributed by atoms with Crippen LogP contribution in [0.15, 0.2) is 24.3 Å². The molecule has 198 valence electrons. The molecule has 35 heavy (non-hydrogen) atoms. The van der Waals surface area contributed by atoms with Gasteiger partial charge in [-0.05, 0) is 50.9 Å². The summed E-state index contributed by atoms with van der Waals surface area (Å²) in [4.78, 5) is 24.2. The van der Waals surface area contributed by atoms with Crippen LogP contribution in [0.1, 0.15) is 66.7 Å². The Morgan fingerprint density at radius 3 is 2.63 bits per heavy atom. The van der Waals surface area contributed by atoms with E-state index in [4.69, 9.17) is 14.2 Å². The molecule has 0 amide bonds. The number of hydrogen-bond donors (Lipinski definition) is 3. The molecule has 0 aromatic heterocycles. The quantitative estimate of drug-likeness (QED) is 0.267. The Kier molecular flexibility index (Phi) is 8.34. The van der Waals surface area contributed by atoms with Gasteiger partial charge in [-0.15, -0.1) is 6.58 Å². The second-order valence-corrected chi connectivity index (χ2v) is 11.5. The maximum absolute atomic E-state index is 12.5. The van der Waals surface area contributed by atoms with Crippen LogP contribution in [0.4, 0.5) is 0 Å². The highest BCUT2D eigenvalue weighted by Crippen LogP contribution is 2.61. The van der Waals surface area contributed by atoms with Crippen molar-refractivity contribution >= 4 is 12.3 Å². The summed E-state index contributed by atoms with van der Waals surface area (Å²) < 4.78 is 17.4. The van der Waals surface area contributed by atoms with Gasteiger partial charge in [-0.1, -0.05) is 38.0 Å². The maximum Gasteiger partial charge on any atom is 0.303 e. The molecule has 0 radical (unpaired) electrons. The van der Waals surface area contributed by atoms with E-state index in [0.717, 1.165) is 37.5 Å². The predicted molar refractivity (Wildman–Crippen MR) is 129 cm³/mol. The molecule has 0 spiro atoms. The highest BCUT2D eigenvalue weighted by atomic mass is 16.7. The Morgan fingerprint density at radius 2 is 2.03 bits per heavy atom. The van der Waals surface area contributed by atoms with Gasteiger partial charge in [0.05, 0.1) is 18.3 Å². The lowest BCUT2D eigenvalue weighted by Crippen LogP contribution is -2.60. The largest absolute Gasteiger partial charge is 0.454 e. The van der Waals surface area contributed by atoms with Gasteiger partial charge in [-0.25, -0.2) is 0 Å². The lowest BCUT2D eigenvalue weighted by atomic mass is 9.47. The molecule has 0 bridgehead atoms. The van der Waals surface area contributed by atoms with Crippen LogP contribution in [0.5, 0.6) is 0 Å². The molecule has 1 saturated heterocycles. The van der Waals surface area contributed by atoms with E-state index in [2.05, 4.69) is 13.5 Å². The van der Waals surface area contributed by atoms with Crippen LogP contribution in [0, 0.1) is 22.7 Å². The van der Waals surface area contributed by atoms with Crippen molar-refractivity contribution in [1.82, 2.24) is 0 Å². The zero-order valence-corrected chi connectivity index (χ0v) is 21.6. The van der Waals surface area contributed by atoms with Gasteiger partial charge in [0.25, 0.3) is 0 Å². The summed E-state index contributed by atoms with van der Waals surface area (Å²) in [5.74, 6) is -0.693. The van der Waals surface area contributed by atoms with Crippen LogP contribution in [-0.4, -0.2) is 70.5 Å². The smallest absolute Gasteiger partial charge is 0.303 e. The molecule has 0 aromatic carbocycles. The molecule has 1 aliphatic heterocycles. The topological polar surface area (TPSA) is 123 Å². The molecule has 8 heteroatoms. The number of rotatable bonds is 8. The average Bonchev–Trinajstić information content (AvgIpc) is 2.77. The van der Waals surface area contributed by atoms with E-state index in [1.54, 1.807) is 13.0 Å². The first-order valence-electron chi connectivity index (χ1n) is 12.6. The van der Waals surface area contributed by atoms with E-state index in [1.165, 1.54) is 6.92 Å². The molecule has 10 atom stereocenters. The summed E-state index contributed by atoms with van der Waals surface area (Å²) in [5.41, 5.74) is -0.827. The van der Waals surface area contributed by atoms with E-state index in [0.29, 0.717) is 6.42 Å². The number of aliphatic hydroxyl groups is 3. The third-order valence-corrected chi connectivity index (χ3v) is 8.62. The number of carbonyl (C=O) groups is 2. The predicted octanol–water partition coefficient (Wildman–Crippen LogP) is 2.69. The van der Waals surface area contributed by atoms with Gasteiger partial charge in [0.2, 0.25) is 0 Å². The highest BCUT2D eigenvalue weighted by molar-refractivity contribution is 5.66. The second kappa shape index (κ2) is 10.4. The monoisotopic (exact) mass is 494 g/mol. The number of hydrogen-bond acceptors (Lipinski definition) is 8. The first-order valence-corrected chi connectivity index (χ1v) is 12.6. The van der Waals surface area contributed by atoms with E-state index in [9.17, 15) is 24.9 Å². The van der Waals surface area contributed by atoms with Crippen molar-refractivity contribution in [3.05, 3.63) is 24.3 Å². The summed E-state index contributed by atoms with van der Waals surface area (Å²) in [6.45, 7) is 12.8. The summed E-state index contributed by atoms with van der Waals surface area (Å²) in [6, 6.07) is 0. The van der Waals surface area contributed by atoms with Gasteiger partial charge in [-0.2, -0.15) is 0 Å². The van der Waals surface area contributed by atoms with Crippen LogP contribution in [-0.2, 0) is 23.8 Å². The summed E-state index contributed by atoms with van der Waals surface area (Å²) in [5, 5.41) is 31.1. The van der Waals surface area contributed by atoms with Crippen LogP contribution >= 0.6 is 0 Å². The van der Waals surface area contributed by atoms with Gasteiger partial charge in [0, 0.05) is 18.3 Å². The Hall–Kier alpha value is -1.58. The fraction of sp³-hybridized carbons (Fsp3) is 0.778. The molecule has 3 rings (SSSR count). The van der Waals surface area contributed by atoms with Crippen molar-refractivity contribution in [1.29, 1.82) is 0 Å². The molecule has 0 aromatic rings. The Balaban J connectivity index is 1.98. The zero-order chi connectivity index (χ0) is 26.2. The van der Waals surface area contributed by atoms with Gasteiger partial charge < -0.3 is 34.3 Å². The van der Waals surface area contributed by atoms with Gasteiger partial charge in [-0.3, -0.25) is 4.79 Å². The Bertz CT molecular complexity index is 837. The summed E-state index contributed by atoms with van der Waals surface area (Å²) in [7, 11) is 0. The third-order valence-electron chi connectivity index (χ3n) is 8.62. The molecule has 1 saturated carbocycles. The first-order chi connectivity index (χ1) is 16.3. The number of fused-ring (bicyclic) bond motifs is 1. The van der Waals surface area contributed by atoms with Crippen LogP contribution in [0.25, 0.3) is 0 Å². The normalized spacial score (nSPS) is 43.3. The van der Waals surface area contributed by atoms with Crippen molar-refractivity contribution < 1.29 is 39.1 Å². The first kappa shape index (κ1) is 28.0. The number of aliphatic hydroxyl groups excluding tert-OH is 2. The van der Waals surface area contributed by atoms with Gasteiger partial charge in [0.15, 0.2) is 12.4 Å². The number of allylic oxidation sites excluding steroid dienone is 1. The fourth-order valence-corrected chi connectivity index (χ4v) is 6.75. The number of aldehydes is 1. The lowest BCUT2D eigenvalue weighted by molar-refractivity contribution is -0.295. The van der Waals surface area contributed by atoms with Crippen LogP contribution < -0.4 is 0 Å². The molecule has 1 heterocycles. The third kappa shape index (κ3) is 5.57. The van der Waals surface area contributed by atoms with Gasteiger partial charge in [0.1, 0.15) is 18.5 Å². The zero-order valence-electron chi connectivity index (χ0n) is 21.6. The molecule has 2 fully saturated rings. The van der Waals surface area contributed by atoms with Crippen molar-refractivity contribution in [2.45, 2.75) is 103 Å². The van der Waals surface area contributed by atoms with Crippen LogP contribution in [0.3, 0.4) is 0 Å². The fourth-order valence-electron chi connectivity index (χ4n) is 6.75. The molecule has 3 N–H and O–H groups in total. The molecular formula is C27H42O8. The Morgan fingerprint density at radius 1 is 1.34 bits per heavy atom. The van der Waals surface area contributed by atoms with Gasteiger partial charge >= 0.3 is 5.97 Å². The number of ether oxygens (including phenoxy) is 3. The molecular weight excluding hydrogens is 452 g/mol. The molecule has 2 aliphatic carbocycles. The lowest BCUT2D eigenvalue weighted by Gasteiger charge is -2.59. The standard InChI is InChI=1S/C27H42O8/c1-7-26(5,32)12-9-18-16(2)13-20(23-25(4,15-28)10-8-11-27(18,23)6)35-24-22(34-17(3)29)21(31)19(30)14-33-24/h7,13,15,18-24,30-32H,1,8-12,14H2,2-6H3/t18-,19+,20-,21-,22+,23-,24-,25-,26-,27+/m0/s1. The molecule has 0 unspecified atom stereocenters. The second-order valence-electron chi connectivity index (χ2n) is 11.5. The van der Waals surface area contributed by atoms with Crippen molar-refractivity contribution in [2.75, 3.05) is 6.61 Å². The van der Waals surface area contributed by atoms with Crippen molar-refractivity contribution in [3.63, 3.8) is 0 Å². The van der Waals surface area contributed by atoms with E-state index in [1.807, 2.05) is 19.9 Å². The van der Waals surface area contributed by atoms with Crippen molar-refractivity contribution in [3.8, 4) is 0 Å². The van der Waals surface area contributed by atoms with Crippen molar-refractivity contribution in [2.24, 2.45) is 22.7 Å². The minimum Gasteiger partial charge on any atom is -0.454 e. The number of esters is 1. The minimum absolute atomic E-state index is 0.127. The summed E-state index contributed by atoms with van der Waals surface area (Å²) >= 11 is 0. The SMILES string of the molecule is C=C[C@](C)(O)CC[C@H]1C(C)=C[C@H](O[C@@H]2OC[C@@H](O)[C@H](O)[C@H]2OC(C)=O)[C@@H]2[C@]1(C)CCC[C@@]2(C)C=O. The highest BCUT2D eigenvalue weighted by Gasteiger charge is 2.58.